The van der Waals surface area contributed by atoms with Crippen LogP contribution in [0.3, 0.4) is 0 Å². The smallest absolute Gasteiger partial charge is 0.179 e. The Kier molecular flexibility index (Phi) is 6.88. The molecule has 0 fully saturated rings. The van der Waals surface area contributed by atoms with E-state index in [1.165, 1.54) is 37.7 Å². The van der Waals surface area contributed by atoms with Crippen molar-refractivity contribution in [1.82, 2.24) is 0 Å². The van der Waals surface area contributed by atoms with E-state index in [0.717, 1.165) is 0 Å². The van der Waals surface area contributed by atoms with Crippen LogP contribution in [0.25, 0.3) is 0 Å². The highest BCUT2D eigenvalue weighted by Crippen LogP contribution is 2.28. The third-order valence-corrected chi connectivity index (χ3v) is 11.8. The lowest BCUT2D eigenvalue weighted by Gasteiger charge is -2.35. The summed E-state index contributed by atoms with van der Waals surface area (Å²) in [7, 11) is -2.49. The Morgan fingerprint density at radius 3 is 1.14 bits per heavy atom. The summed E-state index contributed by atoms with van der Waals surface area (Å²) in [5.74, 6) is 0. The molecular weight excluding hydrogens is 450 g/mol. The van der Waals surface area contributed by atoms with Crippen molar-refractivity contribution >= 4 is 40.2 Å². The van der Waals surface area contributed by atoms with Gasteiger partial charge >= 0.3 is 0 Å². The third-order valence-electron chi connectivity index (χ3n) is 7.03. The maximum Gasteiger partial charge on any atom is 0.179 e. The molecule has 5 aromatic carbocycles. The third kappa shape index (κ3) is 4.41. The summed E-state index contributed by atoms with van der Waals surface area (Å²) in [6, 6.07) is 51.8. The van der Waals surface area contributed by atoms with Gasteiger partial charge in [0.15, 0.2) is 8.07 Å². The molecule has 0 atom stereocenters. The molecule has 0 saturated carbocycles. The Morgan fingerprint density at radius 1 is 0.444 bits per heavy atom. The van der Waals surface area contributed by atoms with Crippen LogP contribution in [0.4, 0.5) is 11.4 Å². The van der Waals surface area contributed by atoms with Gasteiger partial charge in [-0.15, -0.1) is 0 Å². The Morgan fingerprint density at radius 2 is 0.778 bits per heavy atom. The first-order valence-electron chi connectivity index (χ1n) is 12.7. The predicted octanol–water partition coefficient (Wildman–Crippen LogP) is 5.92. The van der Waals surface area contributed by atoms with Gasteiger partial charge in [0, 0.05) is 17.4 Å². The quantitative estimate of drug-likeness (QED) is 0.205. The van der Waals surface area contributed by atoms with Crippen molar-refractivity contribution in [3.8, 4) is 0 Å². The Balaban J connectivity index is 1.71. The summed E-state index contributed by atoms with van der Waals surface area (Å²) in [5.41, 5.74) is 3.72. The first-order valence-corrected chi connectivity index (χ1v) is 14.7. The van der Waals surface area contributed by atoms with Gasteiger partial charge in [-0.25, -0.2) is 0 Å². The van der Waals surface area contributed by atoms with Gasteiger partial charge in [0.1, 0.15) is 0 Å². The lowest BCUT2D eigenvalue weighted by atomic mass is 10.1. The number of hydrogen-bond donors (Lipinski definition) is 0. The second-order valence-corrected chi connectivity index (χ2v) is 13.5. The maximum absolute atomic E-state index is 2.49. The van der Waals surface area contributed by atoms with Crippen LogP contribution in [-0.4, -0.2) is 14.1 Å². The lowest BCUT2D eigenvalue weighted by Crippen LogP contribution is -2.74. The largest absolute Gasteiger partial charge is 0.339 e. The minimum atomic E-state index is -2.49. The number of rotatable bonds is 7. The molecule has 0 aromatic heterocycles. The molecule has 5 aromatic rings. The van der Waals surface area contributed by atoms with E-state index in [-0.39, 0.29) is 0 Å². The summed E-state index contributed by atoms with van der Waals surface area (Å²) in [6.07, 6.45) is 0. The van der Waals surface area contributed by atoms with Gasteiger partial charge in [0.25, 0.3) is 0 Å². The van der Waals surface area contributed by atoms with E-state index >= 15 is 0 Å². The van der Waals surface area contributed by atoms with E-state index in [1.54, 1.807) is 0 Å². The topological polar surface area (TPSA) is 3.24 Å². The maximum atomic E-state index is 2.42. The fraction of sp³-hybridized carbons (Fsp3) is 0.118. The van der Waals surface area contributed by atoms with Crippen molar-refractivity contribution < 1.29 is 0 Å². The van der Waals surface area contributed by atoms with E-state index in [4.69, 9.17) is 0 Å². The molecule has 0 aliphatic carbocycles. The molecule has 0 aliphatic rings. The van der Waals surface area contributed by atoms with Crippen LogP contribution in [0.2, 0.25) is 0 Å². The van der Waals surface area contributed by atoms with E-state index in [2.05, 4.69) is 165 Å². The minimum Gasteiger partial charge on any atom is -0.339 e. The molecule has 2 heteroatoms. The van der Waals surface area contributed by atoms with Gasteiger partial charge in [0.05, 0.1) is 0 Å². The second-order valence-electron chi connectivity index (χ2n) is 9.69. The molecule has 0 bridgehead atoms. The van der Waals surface area contributed by atoms with Gasteiger partial charge in [-0.3, -0.25) is 0 Å². The van der Waals surface area contributed by atoms with Crippen LogP contribution < -0.4 is 25.6 Å². The van der Waals surface area contributed by atoms with Gasteiger partial charge in [-0.1, -0.05) is 121 Å². The minimum absolute atomic E-state index is 0.345. The Labute approximate surface area is 216 Å². The summed E-state index contributed by atoms with van der Waals surface area (Å²) in [4.78, 5) is 2.42. The van der Waals surface area contributed by atoms with E-state index in [1.807, 2.05) is 0 Å². The average Bonchev–Trinajstić information content (AvgIpc) is 2.93. The molecule has 0 saturated heterocycles. The molecule has 0 radical (unpaired) electrons. The van der Waals surface area contributed by atoms with Crippen LogP contribution >= 0.6 is 0 Å². The highest BCUT2D eigenvalue weighted by atomic mass is 28.3. The SMILES string of the molecule is Cc1ccc(N(c2ccc([Si](c3ccccc3)(c3ccccc3)c3ccccc3)cc2)C(C)C)cc1. The van der Waals surface area contributed by atoms with Crippen LogP contribution in [0.15, 0.2) is 140 Å². The number of hydrogen-bond acceptors (Lipinski definition) is 1. The summed E-state index contributed by atoms with van der Waals surface area (Å²) in [6.45, 7) is 6.65. The second kappa shape index (κ2) is 10.4. The van der Waals surface area contributed by atoms with Crippen LogP contribution in [0, 0.1) is 6.92 Å². The number of benzene rings is 5. The lowest BCUT2D eigenvalue weighted by molar-refractivity contribution is 0.789. The number of aryl methyl sites for hydroxylation is 1. The number of anilines is 2. The molecular formula is C34H33NSi. The van der Waals surface area contributed by atoms with Crippen molar-refractivity contribution in [2.75, 3.05) is 4.90 Å². The highest BCUT2D eigenvalue weighted by Gasteiger charge is 2.41. The molecule has 5 rings (SSSR count). The molecule has 0 N–H and O–H groups in total. The van der Waals surface area contributed by atoms with Crippen molar-refractivity contribution in [2.24, 2.45) is 0 Å². The van der Waals surface area contributed by atoms with Crippen molar-refractivity contribution in [2.45, 2.75) is 26.8 Å². The average molecular weight is 484 g/mol. The monoisotopic (exact) mass is 483 g/mol. The zero-order chi connectivity index (χ0) is 25.0. The predicted molar refractivity (Wildman–Crippen MR) is 159 cm³/mol. The van der Waals surface area contributed by atoms with Crippen LogP contribution in [0.5, 0.6) is 0 Å². The Hall–Kier alpha value is -3.88. The Bertz CT molecular complexity index is 1280. The van der Waals surface area contributed by atoms with E-state index < -0.39 is 8.07 Å². The molecule has 0 amide bonds. The zero-order valence-electron chi connectivity index (χ0n) is 21.3. The zero-order valence-corrected chi connectivity index (χ0v) is 22.3. The van der Waals surface area contributed by atoms with Crippen molar-refractivity contribution in [1.29, 1.82) is 0 Å². The molecule has 0 heterocycles. The van der Waals surface area contributed by atoms with Crippen LogP contribution in [0.1, 0.15) is 19.4 Å². The summed E-state index contributed by atoms with van der Waals surface area (Å²) in [5, 5.41) is 5.58. The summed E-state index contributed by atoms with van der Waals surface area (Å²) < 4.78 is 0. The summed E-state index contributed by atoms with van der Waals surface area (Å²) >= 11 is 0. The van der Waals surface area contributed by atoms with Crippen molar-refractivity contribution in [3.63, 3.8) is 0 Å². The van der Waals surface area contributed by atoms with Gasteiger partial charge < -0.3 is 4.90 Å². The molecule has 1 nitrogen and oxygen atoms in total. The molecule has 0 spiro atoms. The highest BCUT2D eigenvalue weighted by molar-refractivity contribution is 7.19. The fourth-order valence-corrected chi connectivity index (χ4v) is 10.1. The van der Waals surface area contributed by atoms with Crippen LogP contribution in [-0.2, 0) is 0 Å². The number of nitrogens with zero attached hydrogens (tertiary/aromatic N) is 1. The van der Waals surface area contributed by atoms with E-state index in [0.29, 0.717) is 6.04 Å². The molecule has 0 unspecified atom stereocenters. The standard InChI is InChI=1S/C34H33NSi/c1-27(2)35(29-21-19-28(3)20-22-29)30-23-25-34(26-24-30)36(31-13-7-4-8-14-31,32-15-9-5-10-16-32)33-17-11-6-12-18-33/h4-27H,1-3H3. The first-order chi connectivity index (χ1) is 17.6. The molecule has 178 valence electrons. The first kappa shape index (κ1) is 23.8. The van der Waals surface area contributed by atoms with Gasteiger partial charge in [0.2, 0.25) is 0 Å². The normalized spacial score (nSPS) is 11.4. The fourth-order valence-electron chi connectivity index (χ4n) is 5.39. The van der Waals surface area contributed by atoms with Crippen molar-refractivity contribution in [3.05, 3.63) is 145 Å². The molecule has 36 heavy (non-hydrogen) atoms. The van der Waals surface area contributed by atoms with Gasteiger partial charge in [-0.2, -0.15) is 0 Å². The molecule has 0 aliphatic heterocycles. The van der Waals surface area contributed by atoms with Gasteiger partial charge in [-0.05, 0) is 65.8 Å². The van der Waals surface area contributed by atoms with E-state index in [9.17, 15) is 0 Å².